The first-order valence-electron chi connectivity index (χ1n) is 11.8. The molecule has 0 bridgehead atoms. The number of hydrogen-bond acceptors (Lipinski definition) is 4. The lowest BCUT2D eigenvalue weighted by Gasteiger charge is -2.45. The fourth-order valence-electron chi connectivity index (χ4n) is 4.95. The third-order valence-electron chi connectivity index (χ3n) is 7.29. The van der Waals surface area contributed by atoms with Gasteiger partial charge in [-0.3, -0.25) is 0 Å². The van der Waals surface area contributed by atoms with Gasteiger partial charge in [0.2, 0.25) is 0 Å². The van der Waals surface area contributed by atoms with Gasteiger partial charge in [0, 0.05) is 11.0 Å². The Morgan fingerprint density at radius 3 is 1.44 bits per heavy atom. The van der Waals surface area contributed by atoms with E-state index in [4.69, 9.17) is 0 Å². The molecule has 0 aromatic heterocycles. The highest BCUT2D eigenvalue weighted by molar-refractivity contribution is 8.34. The molecule has 0 aromatic carbocycles. The molecule has 256 valence electrons. The van der Waals surface area contributed by atoms with Crippen molar-refractivity contribution >= 4 is 26.7 Å². The number of rotatable bonds is 12. The summed E-state index contributed by atoms with van der Waals surface area (Å²) in [4.78, 5) is 11.3. The molecule has 4 nitrogen and oxygen atoms in total. The minimum Gasteiger partial charge on any atom is -0.302 e. The fourth-order valence-corrected chi connectivity index (χ4v) is 11.2. The van der Waals surface area contributed by atoms with E-state index in [0.717, 1.165) is 0 Å². The van der Waals surface area contributed by atoms with Gasteiger partial charge in [0.15, 0.2) is 0 Å². The SMILES string of the molecule is O=CCS1(OS(=O)(=O)C(F)(F)C(F)(F)C(F)(F)C(F)(F)C(F)(F)C(F)(F)C(F)(F)C(F)(F)F)CCCC1C1CCCCC1. The summed E-state index contributed by atoms with van der Waals surface area (Å²) in [7, 11) is -11.5. The van der Waals surface area contributed by atoms with E-state index in [1.54, 1.807) is 0 Å². The molecular formula is C20H21F17O4S2. The van der Waals surface area contributed by atoms with Gasteiger partial charge in [-0.25, -0.2) is 3.63 Å². The summed E-state index contributed by atoms with van der Waals surface area (Å²) in [6.45, 7) is 0. The second-order valence-electron chi connectivity index (χ2n) is 9.97. The summed E-state index contributed by atoms with van der Waals surface area (Å²) in [6.07, 6.45) is -5.95. The van der Waals surface area contributed by atoms with Crippen LogP contribution in [0.3, 0.4) is 0 Å². The predicted molar refractivity (Wildman–Crippen MR) is 114 cm³/mol. The highest BCUT2D eigenvalue weighted by atomic mass is 32.3. The van der Waals surface area contributed by atoms with Gasteiger partial charge in [0.25, 0.3) is 0 Å². The molecule has 2 rings (SSSR count). The monoisotopic (exact) mass is 712 g/mol. The molecule has 1 heterocycles. The molecule has 0 N–H and O–H groups in total. The first-order chi connectivity index (χ1) is 19.0. The van der Waals surface area contributed by atoms with Crippen molar-refractivity contribution in [2.75, 3.05) is 11.5 Å². The normalized spacial score (nSPS) is 26.3. The number of carbonyl (C=O) groups excluding carboxylic acids is 1. The van der Waals surface area contributed by atoms with E-state index >= 15 is 0 Å². The molecule has 0 amide bonds. The number of carbonyl (C=O) groups is 1. The number of hydrogen-bond donors (Lipinski definition) is 0. The number of alkyl halides is 17. The van der Waals surface area contributed by atoms with Crippen LogP contribution in [-0.2, 0) is 18.5 Å². The lowest BCUT2D eigenvalue weighted by molar-refractivity contribution is -0.458. The maximum absolute atomic E-state index is 14.6. The lowest BCUT2D eigenvalue weighted by atomic mass is 9.85. The van der Waals surface area contributed by atoms with Crippen LogP contribution >= 0.6 is 10.3 Å². The summed E-state index contributed by atoms with van der Waals surface area (Å²) < 4.78 is 260. The molecule has 2 fully saturated rings. The van der Waals surface area contributed by atoms with Crippen molar-refractivity contribution in [3.8, 4) is 0 Å². The van der Waals surface area contributed by atoms with E-state index in [1.807, 2.05) is 0 Å². The topological polar surface area (TPSA) is 60.4 Å². The quantitative estimate of drug-likeness (QED) is 0.152. The van der Waals surface area contributed by atoms with Crippen LogP contribution in [0.5, 0.6) is 0 Å². The first kappa shape index (κ1) is 37.9. The first-order valence-corrected chi connectivity index (χ1v) is 15.2. The summed E-state index contributed by atoms with van der Waals surface area (Å²) in [5, 5.41) is -8.86. The highest BCUT2D eigenvalue weighted by Crippen LogP contribution is 2.68. The maximum atomic E-state index is 14.6. The molecule has 23 heteroatoms. The molecule has 0 spiro atoms. The van der Waals surface area contributed by atoms with Gasteiger partial charge in [0.05, 0.1) is 5.75 Å². The zero-order chi connectivity index (χ0) is 33.9. The van der Waals surface area contributed by atoms with Crippen molar-refractivity contribution in [2.45, 2.75) is 97.2 Å². The molecule has 2 atom stereocenters. The second kappa shape index (κ2) is 11.2. The van der Waals surface area contributed by atoms with E-state index in [2.05, 4.69) is 3.63 Å². The molecule has 1 aliphatic carbocycles. The molecule has 2 aliphatic rings. The van der Waals surface area contributed by atoms with Gasteiger partial charge in [-0.05, 0) is 31.6 Å². The van der Waals surface area contributed by atoms with E-state index in [9.17, 15) is 87.8 Å². The summed E-state index contributed by atoms with van der Waals surface area (Å²) in [5.41, 5.74) is 0. The molecule has 43 heavy (non-hydrogen) atoms. The maximum Gasteiger partial charge on any atom is 0.460 e. The zero-order valence-corrected chi connectivity index (χ0v) is 22.6. The van der Waals surface area contributed by atoms with Crippen LogP contribution in [0, 0.1) is 5.92 Å². The van der Waals surface area contributed by atoms with Crippen LogP contribution < -0.4 is 0 Å². The van der Waals surface area contributed by atoms with Crippen molar-refractivity contribution in [3.05, 3.63) is 0 Å². The van der Waals surface area contributed by atoms with Gasteiger partial charge < -0.3 is 4.79 Å². The Bertz CT molecular complexity index is 1130. The van der Waals surface area contributed by atoms with Crippen molar-refractivity contribution in [1.82, 2.24) is 0 Å². The van der Waals surface area contributed by atoms with Crippen molar-refractivity contribution in [2.24, 2.45) is 5.92 Å². The van der Waals surface area contributed by atoms with Gasteiger partial charge in [-0.15, -0.1) is 10.3 Å². The fraction of sp³-hybridized carbons (Fsp3) is 0.950. The van der Waals surface area contributed by atoms with E-state index < -0.39 is 90.1 Å². The minimum atomic E-state index is -8.91. The van der Waals surface area contributed by atoms with Crippen LogP contribution in [0.4, 0.5) is 74.6 Å². The third-order valence-corrected chi connectivity index (χ3v) is 13.4. The van der Waals surface area contributed by atoms with Crippen molar-refractivity contribution < 1.29 is 91.5 Å². The Labute approximate surface area is 233 Å². The van der Waals surface area contributed by atoms with Gasteiger partial charge >= 0.3 is 57.1 Å². The third kappa shape index (κ3) is 5.47. The molecule has 2 unspecified atom stereocenters. The Kier molecular flexibility index (Phi) is 9.89. The molecule has 1 saturated heterocycles. The van der Waals surface area contributed by atoms with E-state index in [-0.39, 0.29) is 32.0 Å². The van der Waals surface area contributed by atoms with Crippen LogP contribution in [0.25, 0.3) is 0 Å². The molecule has 0 radical (unpaired) electrons. The van der Waals surface area contributed by atoms with Crippen LogP contribution in [0.1, 0.15) is 44.9 Å². The Hall–Kier alpha value is -1.26. The summed E-state index contributed by atoms with van der Waals surface area (Å²) >= 11 is 0. The Morgan fingerprint density at radius 2 is 1.02 bits per heavy atom. The predicted octanol–water partition coefficient (Wildman–Crippen LogP) is 7.96. The van der Waals surface area contributed by atoms with Gasteiger partial charge in [-0.1, -0.05) is 19.3 Å². The molecule has 1 aliphatic heterocycles. The van der Waals surface area contributed by atoms with Gasteiger partial charge in [0.1, 0.15) is 6.29 Å². The van der Waals surface area contributed by atoms with E-state index in [1.165, 1.54) is 0 Å². The van der Waals surface area contributed by atoms with Crippen LogP contribution in [0.2, 0.25) is 0 Å². The minimum absolute atomic E-state index is 0.0612. The highest BCUT2D eigenvalue weighted by Gasteiger charge is 2.96. The zero-order valence-electron chi connectivity index (χ0n) is 21.0. The second-order valence-corrected chi connectivity index (χ2v) is 15.0. The van der Waals surface area contributed by atoms with E-state index in [0.29, 0.717) is 19.3 Å². The largest absolute Gasteiger partial charge is 0.460 e. The molecular weight excluding hydrogens is 691 g/mol. The van der Waals surface area contributed by atoms with Gasteiger partial charge in [-0.2, -0.15) is 83.1 Å². The van der Waals surface area contributed by atoms with Crippen LogP contribution in [-0.4, -0.2) is 78.4 Å². The summed E-state index contributed by atoms with van der Waals surface area (Å²) in [6, 6.07) is 0. The Balaban J connectivity index is 2.61. The van der Waals surface area contributed by atoms with Crippen molar-refractivity contribution in [3.63, 3.8) is 0 Å². The molecule has 1 saturated carbocycles. The average Bonchev–Trinajstić information content (AvgIpc) is 3.25. The smallest absolute Gasteiger partial charge is 0.302 e. The number of halogens is 17. The number of aldehydes is 1. The standard InChI is InChI=1S/C20H21F17O4S2/c21-13(22,15(25,26)17(29,30)19(33,34)35)14(23,24)16(27,28)18(31,32)20(36,37)43(39,40)41-42(10-8-38)9-4-7-12(42)11-5-2-1-3-6-11/h8,11-12H,1-7,9-10H2. The summed E-state index contributed by atoms with van der Waals surface area (Å²) in [5.74, 6) is -54.3. The van der Waals surface area contributed by atoms with Crippen molar-refractivity contribution in [1.29, 1.82) is 0 Å². The lowest BCUT2D eigenvalue weighted by Crippen LogP contribution is -2.75. The molecule has 0 aromatic rings. The van der Waals surface area contributed by atoms with Crippen LogP contribution in [0.15, 0.2) is 0 Å². The Morgan fingerprint density at radius 1 is 0.605 bits per heavy atom. The average molecular weight is 712 g/mol.